The molecular formula is C16H21NO3. The maximum Gasteiger partial charge on any atom is 0.307 e. The van der Waals surface area contributed by atoms with E-state index < -0.39 is 0 Å². The number of hydrogen-bond acceptors (Lipinski definition) is 3. The van der Waals surface area contributed by atoms with E-state index in [0.29, 0.717) is 11.5 Å². The standard InChI is InChI=1S/C16H21NO3/c1-10-4-7-13(11(2)8-10)16(19)17-14(12-5-6-12)9-15(18)20-3/h4,7-8,12,14H,5-6,9H2,1-3H3,(H,17,19). The van der Waals surface area contributed by atoms with Crippen LogP contribution in [-0.4, -0.2) is 25.0 Å². The largest absolute Gasteiger partial charge is 0.469 e. The third kappa shape index (κ3) is 3.59. The lowest BCUT2D eigenvalue weighted by Crippen LogP contribution is -2.38. The molecule has 1 saturated carbocycles. The lowest BCUT2D eigenvalue weighted by Gasteiger charge is -2.18. The van der Waals surface area contributed by atoms with Gasteiger partial charge >= 0.3 is 5.97 Å². The molecule has 1 aliphatic carbocycles. The summed E-state index contributed by atoms with van der Waals surface area (Å²) in [6, 6.07) is 5.63. The molecule has 4 nitrogen and oxygen atoms in total. The van der Waals surface area contributed by atoms with Crippen molar-refractivity contribution in [2.45, 2.75) is 39.2 Å². The highest BCUT2D eigenvalue weighted by atomic mass is 16.5. The molecule has 1 fully saturated rings. The molecule has 1 N–H and O–H groups in total. The van der Waals surface area contributed by atoms with Gasteiger partial charge in [0.05, 0.1) is 13.5 Å². The second-order valence-electron chi connectivity index (χ2n) is 5.52. The normalized spacial score (nSPS) is 15.6. The third-order valence-electron chi connectivity index (χ3n) is 3.75. The van der Waals surface area contributed by atoms with Crippen LogP contribution in [0.5, 0.6) is 0 Å². The molecule has 108 valence electrons. The minimum atomic E-state index is -0.275. The molecule has 0 spiro atoms. The van der Waals surface area contributed by atoms with Gasteiger partial charge in [0.1, 0.15) is 0 Å². The van der Waals surface area contributed by atoms with Crippen molar-refractivity contribution in [3.8, 4) is 0 Å². The summed E-state index contributed by atoms with van der Waals surface area (Å²) in [5.74, 6) is 0.0231. The van der Waals surface area contributed by atoms with Crippen LogP contribution >= 0.6 is 0 Å². The molecule has 1 amide bonds. The fourth-order valence-electron chi connectivity index (χ4n) is 2.41. The smallest absolute Gasteiger partial charge is 0.307 e. The summed E-state index contributed by atoms with van der Waals surface area (Å²) < 4.78 is 4.70. The van der Waals surface area contributed by atoms with E-state index in [-0.39, 0.29) is 24.3 Å². The van der Waals surface area contributed by atoms with Gasteiger partial charge in [-0.05, 0) is 44.2 Å². The van der Waals surface area contributed by atoms with E-state index in [4.69, 9.17) is 4.74 Å². The van der Waals surface area contributed by atoms with E-state index in [1.54, 1.807) is 0 Å². The van der Waals surface area contributed by atoms with Crippen LogP contribution in [0, 0.1) is 19.8 Å². The fourth-order valence-corrected chi connectivity index (χ4v) is 2.41. The number of nitrogens with one attached hydrogen (secondary N) is 1. The van der Waals surface area contributed by atoms with Crippen LogP contribution in [0.2, 0.25) is 0 Å². The molecule has 0 aromatic heterocycles. The Morgan fingerprint density at radius 1 is 1.35 bits per heavy atom. The number of ether oxygens (including phenoxy) is 1. The molecule has 0 saturated heterocycles. The van der Waals surface area contributed by atoms with Crippen LogP contribution in [0.1, 0.15) is 40.7 Å². The number of hydrogen-bond donors (Lipinski definition) is 1. The first-order chi connectivity index (χ1) is 9.51. The minimum Gasteiger partial charge on any atom is -0.469 e. The summed E-state index contributed by atoms with van der Waals surface area (Å²) in [6.07, 6.45) is 2.38. The maximum absolute atomic E-state index is 12.3. The average molecular weight is 275 g/mol. The fraction of sp³-hybridized carbons (Fsp3) is 0.500. The van der Waals surface area contributed by atoms with Crippen molar-refractivity contribution < 1.29 is 14.3 Å². The van der Waals surface area contributed by atoms with E-state index in [0.717, 1.165) is 24.0 Å². The van der Waals surface area contributed by atoms with Crippen LogP contribution in [0.25, 0.3) is 0 Å². The number of carbonyl (C=O) groups is 2. The van der Waals surface area contributed by atoms with Crippen molar-refractivity contribution in [3.63, 3.8) is 0 Å². The second-order valence-corrected chi connectivity index (χ2v) is 5.52. The minimum absolute atomic E-state index is 0.108. The van der Waals surface area contributed by atoms with Gasteiger partial charge in [0.2, 0.25) is 0 Å². The SMILES string of the molecule is COC(=O)CC(NC(=O)c1ccc(C)cc1C)C1CC1. The molecule has 1 atom stereocenters. The lowest BCUT2D eigenvalue weighted by atomic mass is 10.0. The van der Waals surface area contributed by atoms with Gasteiger partial charge < -0.3 is 10.1 Å². The number of amides is 1. The van der Waals surface area contributed by atoms with Crippen LogP contribution in [-0.2, 0) is 9.53 Å². The second kappa shape index (κ2) is 6.07. The zero-order valence-corrected chi connectivity index (χ0v) is 12.2. The van der Waals surface area contributed by atoms with Crippen LogP contribution in [0.15, 0.2) is 18.2 Å². The highest BCUT2D eigenvalue weighted by Crippen LogP contribution is 2.34. The summed E-state index contributed by atoms with van der Waals surface area (Å²) in [6.45, 7) is 3.92. The zero-order chi connectivity index (χ0) is 14.7. The van der Waals surface area contributed by atoms with Gasteiger partial charge in [-0.25, -0.2) is 0 Å². The Morgan fingerprint density at radius 2 is 2.05 bits per heavy atom. The Labute approximate surface area is 119 Å². The number of rotatable bonds is 5. The van der Waals surface area contributed by atoms with E-state index in [1.165, 1.54) is 7.11 Å². The monoisotopic (exact) mass is 275 g/mol. The summed E-state index contributed by atoms with van der Waals surface area (Å²) in [5, 5.41) is 2.98. The Hall–Kier alpha value is -1.84. The molecule has 0 heterocycles. The van der Waals surface area contributed by atoms with Gasteiger partial charge in [-0.15, -0.1) is 0 Å². The van der Waals surface area contributed by atoms with Gasteiger partial charge in [0, 0.05) is 11.6 Å². The maximum atomic E-state index is 12.3. The summed E-state index contributed by atoms with van der Waals surface area (Å²) in [4.78, 5) is 23.7. The summed E-state index contributed by atoms with van der Waals surface area (Å²) in [7, 11) is 1.37. The van der Waals surface area contributed by atoms with Crippen molar-refractivity contribution in [2.75, 3.05) is 7.11 Å². The van der Waals surface area contributed by atoms with Crippen molar-refractivity contribution in [1.29, 1.82) is 0 Å². The topological polar surface area (TPSA) is 55.4 Å². The molecule has 4 heteroatoms. The van der Waals surface area contributed by atoms with Gasteiger partial charge in [0.15, 0.2) is 0 Å². The molecule has 1 aromatic rings. The molecule has 0 bridgehead atoms. The highest BCUT2D eigenvalue weighted by Gasteiger charge is 2.34. The third-order valence-corrected chi connectivity index (χ3v) is 3.75. The molecule has 0 aliphatic heterocycles. The number of esters is 1. The molecule has 1 aromatic carbocycles. The Bertz CT molecular complexity index is 520. The highest BCUT2D eigenvalue weighted by molar-refractivity contribution is 5.96. The quantitative estimate of drug-likeness (QED) is 0.839. The Kier molecular flexibility index (Phi) is 4.42. The molecule has 2 rings (SSSR count). The number of methoxy groups -OCH3 is 1. The molecule has 1 aliphatic rings. The van der Waals surface area contributed by atoms with Gasteiger partial charge in [0.25, 0.3) is 5.91 Å². The number of benzene rings is 1. The Balaban J connectivity index is 2.06. The van der Waals surface area contributed by atoms with Crippen LogP contribution < -0.4 is 5.32 Å². The van der Waals surface area contributed by atoms with Gasteiger partial charge in [-0.2, -0.15) is 0 Å². The van der Waals surface area contributed by atoms with Crippen molar-refractivity contribution >= 4 is 11.9 Å². The predicted molar refractivity (Wildman–Crippen MR) is 76.5 cm³/mol. The number of aryl methyl sites for hydroxylation is 2. The van der Waals surface area contributed by atoms with Gasteiger partial charge in [-0.1, -0.05) is 17.7 Å². The first-order valence-electron chi connectivity index (χ1n) is 6.96. The van der Waals surface area contributed by atoms with Crippen molar-refractivity contribution in [3.05, 3.63) is 34.9 Å². The molecular weight excluding hydrogens is 254 g/mol. The van der Waals surface area contributed by atoms with Gasteiger partial charge in [-0.3, -0.25) is 9.59 Å². The average Bonchev–Trinajstić information content (AvgIpc) is 3.21. The molecule has 1 unspecified atom stereocenters. The van der Waals surface area contributed by atoms with E-state index in [1.807, 2.05) is 32.0 Å². The predicted octanol–water partition coefficient (Wildman–Crippen LogP) is 2.37. The zero-order valence-electron chi connectivity index (χ0n) is 12.2. The number of carbonyl (C=O) groups excluding carboxylic acids is 2. The lowest BCUT2D eigenvalue weighted by molar-refractivity contribution is -0.141. The summed E-state index contributed by atoms with van der Waals surface area (Å²) in [5.41, 5.74) is 2.76. The summed E-state index contributed by atoms with van der Waals surface area (Å²) >= 11 is 0. The van der Waals surface area contributed by atoms with E-state index in [2.05, 4.69) is 5.32 Å². The van der Waals surface area contributed by atoms with E-state index >= 15 is 0 Å². The van der Waals surface area contributed by atoms with E-state index in [9.17, 15) is 9.59 Å². The molecule has 20 heavy (non-hydrogen) atoms. The Morgan fingerprint density at radius 3 is 2.60 bits per heavy atom. The first kappa shape index (κ1) is 14.6. The van der Waals surface area contributed by atoms with Crippen LogP contribution in [0.3, 0.4) is 0 Å². The molecule has 0 radical (unpaired) electrons. The van der Waals surface area contributed by atoms with Crippen LogP contribution in [0.4, 0.5) is 0 Å². The van der Waals surface area contributed by atoms with Crippen molar-refractivity contribution in [1.82, 2.24) is 5.32 Å². The first-order valence-corrected chi connectivity index (χ1v) is 6.96. The van der Waals surface area contributed by atoms with Crippen molar-refractivity contribution in [2.24, 2.45) is 5.92 Å².